The van der Waals surface area contributed by atoms with Crippen molar-refractivity contribution >= 4 is 5.91 Å². The molecule has 1 aromatic rings. The minimum absolute atomic E-state index is 0.160. The molecule has 1 unspecified atom stereocenters. The van der Waals surface area contributed by atoms with Gasteiger partial charge in [0.25, 0.3) is 5.91 Å². The number of oxazole rings is 1. The number of hydrogen-bond donors (Lipinski definition) is 2. The zero-order chi connectivity index (χ0) is 13.0. The molecule has 1 fully saturated rings. The molecule has 100 valence electrons. The van der Waals surface area contributed by atoms with Crippen LogP contribution in [0, 0.1) is 0 Å². The first-order valence-corrected chi connectivity index (χ1v) is 6.28. The van der Waals surface area contributed by atoms with Crippen molar-refractivity contribution in [1.29, 1.82) is 0 Å². The second-order valence-corrected chi connectivity index (χ2v) is 4.78. The average Bonchev–Trinajstić information content (AvgIpc) is 2.99. The molecule has 0 spiro atoms. The summed E-state index contributed by atoms with van der Waals surface area (Å²) in [7, 11) is 3.93. The Labute approximate surface area is 107 Å². The van der Waals surface area contributed by atoms with E-state index in [-0.39, 0.29) is 11.9 Å². The molecule has 1 saturated heterocycles. The van der Waals surface area contributed by atoms with Crippen molar-refractivity contribution in [1.82, 2.24) is 20.5 Å². The second-order valence-electron chi connectivity index (χ2n) is 4.78. The lowest BCUT2D eigenvalue weighted by Crippen LogP contribution is -2.31. The zero-order valence-corrected chi connectivity index (χ0v) is 10.9. The van der Waals surface area contributed by atoms with Crippen LogP contribution in [0.25, 0.3) is 0 Å². The smallest absolute Gasteiger partial charge is 0.273 e. The molecule has 1 aliphatic rings. The topological polar surface area (TPSA) is 70.4 Å². The third-order valence-corrected chi connectivity index (χ3v) is 2.96. The Morgan fingerprint density at radius 2 is 2.50 bits per heavy atom. The minimum Gasteiger partial charge on any atom is -0.446 e. The Kier molecular flexibility index (Phi) is 4.33. The molecule has 1 aromatic heterocycles. The number of likely N-dealkylation sites (N-methyl/N-ethyl adjacent to an activating group) is 1. The molecule has 6 nitrogen and oxygen atoms in total. The van der Waals surface area contributed by atoms with Crippen molar-refractivity contribution in [3.63, 3.8) is 0 Å². The van der Waals surface area contributed by atoms with E-state index in [4.69, 9.17) is 4.42 Å². The normalized spacial score (nSPS) is 19.4. The number of carbonyl (C=O) groups excluding carboxylic acids is 1. The summed E-state index contributed by atoms with van der Waals surface area (Å²) in [6.45, 7) is 2.40. The number of amides is 1. The van der Waals surface area contributed by atoms with Gasteiger partial charge in [0.2, 0.25) is 5.89 Å². The van der Waals surface area contributed by atoms with E-state index in [1.54, 1.807) is 0 Å². The molecule has 18 heavy (non-hydrogen) atoms. The lowest BCUT2D eigenvalue weighted by atomic mass is 10.2. The van der Waals surface area contributed by atoms with Crippen LogP contribution in [0.15, 0.2) is 10.7 Å². The number of aromatic nitrogens is 1. The summed E-state index contributed by atoms with van der Waals surface area (Å²) >= 11 is 0. The number of carbonyl (C=O) groups is 1. The molecule has 2 N–H and O–H groups in total. The predicted octanol–water partition coefficient (Wildman–Crippen LogP) is 0.391. The van der Waals surface area contributed by atoms with Gasteiger partial charge in [-0.1, -0.05) is 0 Å². The molecule has 6 heteroatoms. The first-order valence-electron chi connectivity index (χ1n) is 6.28. The highest BCUT2D eigenvalue weighted by molar-refractivity contribution is 5.91. The zero-order valence-electron chi connectivity index (χ0n) is 10.9. The maximum Gasteiger partial charge on any atom is 0.273 e. The molecule has 1 aliphatic heterocycles. The molecule has 2 heterocycles. The van der Waals surface area contributed by atoms with Crippen LogP contribution in [-0.2, 0) is 0 Å². The van der Waals surface area contributed by atoms with Gasteiger partial charge in [-0.2, -0.15) is 0 Å². The molecule has 0 saturated carbocycles. The first-order chi connectivity index (χ1) is 8.66. The Bertz CT molecular complexity index is 397. The summed E-state index contributed by atoms with van der Waals surface area (Å²) in [5, 5.41) is 6.10. The van der Waals surface area contributed by atoms with Crippen LogP contribution in [0.3, 0.4) is 0 Å². The van der Waals surface area contributed by atoms with Gasteiger partial charge in [-0.15, -0.1) is 0 Å². The maximum atomic E-state index is 11.8. The largest absolute Gasteiger partial charge is 0.446 e. The summed E-state index contributed by atoms with van der Waals surface area (Å²) in [5.41, 5.74) is 0.359. The van der Waals surface area contributed by atoms with Gasteiger partial charge in [-0.25, -0.2) is 4.98 Å². The molecular weight excluding hydrogens is 232 g/mol. The molecule has 0 aromatic carbocycles. The Hall–Kier alpha value is -1.40. The van der Waals surface area contributed by atoms with Gasteiger partial charge in [0.15, 0.2) is 5.69 Å². The van der Waals surface area contributed by atoms with Gasteiger partial charge in [-0.3, -0.25) is 4.79 Å². The highest BCUT2D eigenvalue weighted by atomic mass is 16.3. The van der Waals surface area contributed by atoms with Gasteiger partial charge in [-0.05, 0) is 33.5 Å². The van der Waals surface area contributed by atoms with Gasteiger partial charge < -0.3 is 20.0 Å². The fourth-order valence-corrected chi connectivity index (χ4v) is 1.93. The van der Waals surface area contributed by atoms with E-state index < -0.39 is 0 Å². The fraction of sp³-hybridized carbons (Fsp3) is 0.667. The monoisotopic (exact) mass is 252 g/mol. The van der Waals surface area contributed by atoms with Crippen molar-refractivity contribution < 1.29 is 9.21 Å². The van der Waals surface area contributed by atoms with Crippen molar-refractivity contribution in [3.05, 3.63) is 17.8 Å². The molecule has 1 amide bonds. The van der Waals surface area contributed by atoms with Crippen LogP contribution in [0.5, 0.6) is 0 Å². The van der Waals surface area contributed by atoms with E-state index in [9.17, 15) is 4.79 Å². The highest BCUT2D eigenvalue weighted by Crippen LogP contribution is 2.21. The van der Waals surface area contributed by atoms with Crippen LogP contribution in [0.2, 0.25) is 0 Å². The molecule has 1 atom stereocenters. The molecular formula is C12H20N4O2. The number of nitrogens with zero attached hydrogens (tertiary/aromatic N) is 2. The lowest BCUT2D eigenvalue weighted by molar-refractivity contribution is 0.0946. The van der Waals surface area contributed by atoms with E-state index in [0.29, 0.717) is 18.1 Å². The van der Waals surface area contributed by atoms with Crippen molar-refractivity contribution in [2.75, 3.05) is 33.7 Å². The molecule has 0 radical (unpaired) electrons. The van der Waals surface area contributed by atoms with E-state index in [1.165, 1.54) is 6.26 Å². The quantitative estimate of drug-likeness (QED) is 0.793. The van der Waals surface area contributed by atoms with Gasteiger partial charge in [0.1, 0.15) is 6.26 Å². The van der Waals surface area contributed by atoms with Crippen molar-refractivity contribution in [2.24, 2.45) is 0 Å². The van der Waals surface area contributed by atoms with Crippen molar-refractivity contribution in [2.45, 2.75) is 18.9 Å². The van der Waals surface area contributed by atoms with Crippen LogP contribution in [-0.4, -0.2) is 49.5 Å². The summed E-state index contributed by atoms with van der Waals surface area (Å²) in [4.78, 5) is 18.0. The number of hydrogen-bond acceptors (Lipinski definition) is 5. The Morgan fingerprint density at radius 3 is 3.17 bits per heavy atom. The molecule has 2 rings (SSSR count). The van der Waals surface area contributed by atoms with E-state index in [1.807, 2.05) is 19.0 Å². The third-order valence-electron chi connectivity index (χ3n) is 2.96. The maximum absolute atomic E-state index is 11.8. The first kappa shape index (κ1) is 13.0. The summed E-state index contributed by atoms with van der Waals surface area (Å²) in [6, 6.07) is 0.160. The SMILES string of the molecule is CN(C)CCNC(=O)c1coc(C2CCCN2)n1. The van der Waals surface area contributed by atoms with Crippen LogP contribution < -0.4 is 10.6 Å². The highest BCUT2D eigenvalue weighted by Gasteiger charge is 2.22. The predicted molar refractivity (Wildman–Crippen MR) is 67.4 cm³/mol. The third kappa shape index (κ3) is 3.30. The molecule has 0 bridgehead atoms. The van der Waals surface area contributed by atoms with E-state index in [0.717, 1.165) is 25.9 Å². The number of nitrogens with one attached hydrogen (secondary N) is 2. The average molecular weight is 252 g/mol. The van der Waals surface area contributed by atoms with Crippen LogP contribution in [0.4, 0.5) is 0 Å². The summed E-state index contributed by atoms with van der Waals surface area (Å²) < 4.78 is 5.35. The summed E-state index contributed by atoms with van der Waals surface area (Å²) in [5.74, 6) is 0.440. The second kappa shape index (κ2) is 5.97. The van der Waals surface area contributed by atoms with Gasteiger partial charge in [0, 0.05) is 13.1 Å². The van der Waals surface area contributed by atoms with Gasteiger partial charge in [0.05, 0.1) is 6.04 Å². The van der Waals surface area contributed by atoms with E-state index in [2.05, 4.69) is 15.6 Å². The lowest BCUT2D eigenvalue weighted by Gasteiger charge is -2.09. The minimum atomic E-state index is -0.176. The van der Waals surface area contributed by atoms with Gasteiger partial charge >= 0.3 is 0 Å². The van der Waals surface area contributed by atoms with Crippen LogP contribution >= 0.6 is 0 Å². The fourth-order valence-electron chi connectivity index (χ4n) is 1.93. The summed E-state index contributed by atoms with van der Waals surface area (Å²) in [6.07, 6.45) is 3.57. The van der Waals surface area contributed by atoms with Crippen molar-refractivity contribution in [3.8, 4) is 0 Å². The number of rotatable bonds is 5. The van der Waals surface area contributed by atoms with E-state index >= 15 is 0 Å². The Balaban J connectivity index is 1.86. The standard InChI is InChI=1S/C12H20N4O2/c1-16(2)7-6-14-11(17)10-8-18-12(15-10)9-4-3-5-13-9/h8-9,13H,3-7H2,1-2H3,(H,14,17). The Morgan fingerprint density at radius 1 is 1.67 bits per heavy atom. The van der Waals surface area contributed by atoms with Crippen LogP contribution in [0.1, 0.15) is 35.3 Å². The molecule has 0 aliphatic carbocycles.